The highest BCUT2D eigenvalue weighted by Gasteiger charge is 2.50. The number of anilines is 2. The zero-order valence-corrected chi connectivity index (χ0v) is 18.0. The fraction of sp³-hybridized carbons (Fsp3) is 0.304. The van der Waals surface area contributed by atoms with Crippen LogP contribution in [-0.4, -0.2) is 20.9 Å². The first-order valence-corrected chi connectivity index (χ1v) is 10.5. The molecular weight excluding hydrogens is 476 g/mol. The van der Waals surface area contributed by atoms with Crippen molar-refractivity contribution in [3.8, 4) is 0 Å². The lowest BCUT2D eigenvalue weighted by atomic mass is 9.88. The van der Waals surface area contributed by atoms with E-state index in [1.807, 2.05) is 0 Å². The van der Waals surface area contributed by atoms with Crippen molar-refractivity contribution in [3.05, 3.63) is 76.9 Å². The molecule has 1 aliphatic rings. The van der Waals surface area contributed by atoms with Gasteiger partial charge in [0, 0.05) is 6.20 Å². The Hall–Kier alpha value is -3.70. The van der Waals surface area contributed by atoms with Gasteiger partial charge < -0.3 is 11.1 Å². The summed E-state index contributed by atoms with van der Waals surface area (Å²) in [6, 6.07) is 8.77. The first-order chi connectivity index (χ1) is 16.4. The summed E-state index contributed by atoms with van der Waals surface area (Å²) in [5.74, 6) is -0.696. The molecular formula is C23H19F6N5O. The number of nitrogens with zero attached hydrogens (tertiary/aromatic N) is 3. The number of pyridine rings is 1. The van der Waals surface area contributed by atoms with E-state index < -0.39 is 34.9 Å². The Labute approximate surface area is 195 Å². The minimum absolute atomic E-state index is 0.0752. The van der Waals surface area contributed by atoms with Crippen molar-refractivity contribution in [1.29, 1.82) is 0 Å². The van der Waals surface area contributed by atoms with Crippen LogP contribution < -0.4 is 11.1 Å². The van der Waals surface area contributed by atoms with Crippen molar-refractivity contribution in [2.24, 2.45) is 5.73 Å². The van der Waals surface area contributed by atoms with E-state index in [0.29, 0.717) is 30.2 Å². The molecule has 1 amide bonds. The predicted octanol–water partition coefficient (Wildman–Crippen LogP) is 4.95. The Morgan fingerprint density at radius 1 is 0.943 bits per heavy atom. The number of aromatic nitrogens is 3. The van der Waals surface area contributed by atoms with Crippen molar-refractivity contribution in [3.63, 3.8) is 0 Å². The van der Waals surface area contributed by atoms with E-state index in [-0.39, 0.29) is 30.2 Å². The third kappa shape index (κ3) is 5.20. The molecule has 0 saturated heterocycles. The lowest BCUT2D eigenvalue weighted by molar-refractivity contribution is -0.141. The highest BCUT2D eigenvalue weighted by Crippen LogP contribution is 2.49. The number of nitrogens with one attached hydrogen (secondary N) is 1. The number of alkyl halides is 6. The van der Waals surface area contributed by atoms with Gasteiger partial charge in [-0.2, -0.15) is 26.3 Å². The van der Waals surface area contributed by atoms with Crippen LogP contribution in [0.4, 0.5) is 38.0 Å². The molecule has 4 rings (SSSR count). The number of carbonyl (C=O) groups excluding carboxylic acids is 1. The summed E-state index contributed by atoms with van der Waals surface area (Å²) in [5, 5.41) is 2.58. The molecule has 184 valence electrons. The van der Waals surface area contributed by atoms with Crippen LogP contribution in [0.15, 0.2) is 48.8 Å². The molecule has 2 heterocycles. The number of aryl methyl sites for hydroxylation is 2. The van der Waals surface area contributed by atoms with E-state index in [9.17, 15) is 31.1 Å². The van der Waals surface area contributed by atoms with E-state index in [2.05, 4.69) is 20.3 Å². The smallest absolute Gasteiger partial charge is 0.369 e. The second-order valence-corrected chi connectivity index (χ2v) is 8.21. The Balaban J connectivity index is 1.59. The molecule has 1 saturated carbocycles. The quantitative estimate of drug-likeness (QED) is 0.452. The highest BCUT2D eigenvalue weighted by molar-refractivity contribution is 5.90. The van der Waals surface area contributed by atoms with Crippen LogP contribution in [0.5, 0.6) is 0 Å². The predicted molar refractivity (Wildman–Crippen MR) is 114 cm³/mol. The van der Waals surface area contributed by atoms with Gasteiger partial charge in [0.1, 0.15) is 5.69 Å². The molecule has 3 aromatic rings. The van der Waals surface area contributed by atoms with Crippen LogP contribution in [-0.2, 0) is 35.4 Å². The summed E-state index contributed by atoms with van der Waals surface area (Å²) in [6.45, 7) is 0. The van der Waals surface area contributed by atoms with E-state index in [1.165, 1.54) is 0 Å². The van der Waals surface area contributed by atoms with Crippen molar-refractivity contribution in [1.82, 2.24) is 15.0 Å². The molecule has 6 nitrogen and oxygen atoms in total. The lowest BCUT2D eigenvalue weighted by Gasteiger charge is -2.18. The van der Waals surface area contributed by atoms with Gasteiger partial charge in [0.15, 0.2) is 0 Å². The summed E-state index contributed by atoms with van der Waals surface area (Å²) >= 11 is 0. The average Bonchev–Trinajstić information content (AvgIpc) is 3.59. The number of carbonyl (C=O) groups is 1. The molecule has 0 aliphatic heterocycles. The fourth-order valence-electron chi connectivity index (χ4n) is 3.90. The Morgan fingerprint density at radius 3 is 2.23 bits per heavy atom. The number of benzene rings is 1. The van der Waals surface area contributed by atoms with E-state index in [4.69, 9.17) is 5.73 Å². The number of nitrogens with two attached hydrogens (primary N) is 1. The van der Waals surface area contributed by atoms with Gasteiger partial charge in [-0.25, -0.2) is 15.0 Å². The summed E-state index contributed by atoms with van der Waals surface area (Å²) < 4.78 is 78.9. The minimum atomic E-state index is -4.71. The van der Waals surface area contributed by atoms with Crippen molar-refractivity contribution in [2.45, 2.75) is 43.5 Å². The van der Waals surface area contributed by atoms with E-state index in [1.54, 1.807) is 24.3 Å². The fourth-order valence-corrected chi connectivity index (χ4v) is 3.90. The van der Waals surface area contributed by atoms with Crippen molar-refractivity contribution < 1.29 is 31.1 Å². The SMILES string of the molecule is NC(=O)C1(c2ccccc2CCc2nc(Nc3ccc(C(F)(F)F)nc3)ncc2C(F)(F)F)CC1. The minimum Gasteiger partial charge on any atom is -0.369 e. The Bertz CT molecular complexity index is 1240. The maximum atomic E-state index is 13.6. The third-order valence-corrected chi connectivity index (χ3v) is 5.87. The molecule has 3 N–H and O–H groups in total. The van der Waals surface area contributed by atoms with E-state index in [0.717, 1.165) is 18.3 Å². The van der Waals surface area contributed by atoms with Gasteiger partial charge in [0.2, 0.25) is 11.9 Å². The van der Waals surface area contributed by atoms with Crippen LogP contribution in [0, 0.1) is 0 Å². The number of hydrogen-bond donors (Lipinski definition) is 2. The third-order valence-electron chi connectivity index (χ3n) is 5.87. The number of hydrogen-bond acceptors (Lipinski definition) is 5. The zero-order valence-electron chi connectivity index (χ0n) is 18.0. The monoisotopic (exact) mass is 495 g/mol. The van der Waals surface area contributed by atoms with E-state index >= 15 is 0 Å². The molecule has 12 heteroatoms. The molecule has 0 atom stereocenters. The van der Waals surface area contributed by atoms with Gasteiger partial charge in [-0.1, -0.05) is 24.3 Å². The summed E-state index contributed by atoms with van der Waals surface area (Å²) in [5.41, 5.74) is 3.80. The molecule has 1 fully saturated rings. The normalized spacial score (nSPS) is 15.0. The number of primary amides is 1. The Morgan fingerprint density at radius 2 is 1.66 bits per heavy atom. The second kappa shape index (κ2) is 8.82. The molecule has 0 spiro atoms. The lowest BCUT2D eigenvalue weighted by Crippen LogP contribution is -2.29. The van der Waals surface area contributed by atoms with Crippen LogP contribution in [0.2, 0.25) is 0 Å². The van der Waals surface area contributed by atoms with Crippen LogP contribution >= 0.6 is 0 Å². The van der Waals surface area contributed by atoms with Gasteiger partial charge >= 0.3 is 12.4 Å². The maximum absolute atomic E-state index is 13.6. The Kier molecular flexibility index (Phi) is 6.16. The standard InChI is InChI=1S/C23H19F6N5O/c24-22(25,26)16-12-32-20(33-14-6-8-18(31-11-14)23(27,28)29)34-17(16)7-5-13-3-1-2-4-15(13)21(9-10-21)19(30)35/h1-4,6,8,11-12H,5,7,9-10H2,(H2,30,35)(H,32,33,34). The van der Waals surface area contributed by atoms with Gasteiger partial charge in [-0.05, 0) is 48.9 Å². The van der Waals surface area contributed by atoms with Gasteiger partial charge in [0.05, 0.1) is 28.6 Å². The molecule has 35 heavy (non-hydrogen) atoms. The molecule has 0 unspecified atom stereocenters. The first-order valence-electron chi connectivity index (χ1n) is 10.5. The van der Waals surface area contributed by atoms with Gasteiger partial charge in [-0.3, -0.25) is 4.79 Å². The zero-order chi connectivity index (χ0) is 25.4. The van der Waals surface area contributed by atoms with Gasteiger partial charge in [0.25, 0.3) is 0 Å². The summed E-state index contributed by atoms with van der Waals surface area (Å²) in [6.07, 6.45) is -6.63. The first kappa shape index (κ1) is 24.4. The topological polar surface area (TPSA) is 93.8 Å². The molecule has 0 radical (unpaired) electrons. The molecule has 0 bridgehead atoms. The largest absolute Gasteiger partial charge is 0.433 e. The number of amides is 1. The number of halogens is 6. The molecule has 1 aliphatic carbocycles. The highest BCUT2D eigenvalue weighted by atomic mass is 19.4. The molecule has 1 aromatic carbocycles. The van der Waals surface area contributed by atoms with Crippen LogP contribution in [0.3, 0.4) is 0 Å². The van der Waals surface area contributed by atoms with Crippen LogP contribution in [0.1, 0.15) is 40.9 Å². The molecule has 2 aromatic heterocycles. The van der Waals surface area contributed by atoms with Gasteiger partial charge in [-0.15, -0.1) is 0 Å². The summed E-state index contributed by atoms with van der Waals surface area (Å²) in [4.78, 5) is 22.9. The second-order valence-electron chi connectivity index (χ2n) is 8.21. The number of rotatable bonds is 7. The maximum Gasteiger partial charge on any atom is 0.433 e. The van der Waals surface area contributed by atoms with Crippen molar-refractivity contribution >= 4 is 17.5 Å². The summed E-state index contributed by atoms with van der Waals surface area (Å²) in [7, 11) is 0. The average molecular weight is 495 g/mol. The van der Waals surface area contributed by atoms with Crippen molar-refractivity contribution in [2.75, 3.05) is 5.32 Å². The van der Waals surface area contributed by atoms with Crippen LogP contribution in [0.25, 0.3) is 0 Å².